The van der Waals surface area contributed by atoms with Crippen LogP contribution in [-0.2, 0) is 16.4 Å². The van der Waals surface area contributed by atoms with Crippen molar-refractivity contribution in [2.45, 2.75) is 62.9 Å². The third-order valence-corrected chi connectivity index (χ3v) is 6.84. The van der Waals surface area contributed by atoms with Gasteiger partial charge in [0, 0.05) is 12.1 Å². The van der Waals surface area contributed by atoms with Gasteiger partial charge in [0.25, 0.3) is 0 Å². The van der Waals surface area contributed by atoms with Crippen LogP contribution in [0.4, 0.5) is 5.69 Å². The molecule has 2 unspecified atom stereocenters. The molecule has 1 aromatic carbocycles. The minimum absolute atomic E-state index is 0.121. The maximum absolute atomic E-state index is 13.1. The number of anilines is 1. The quantitative estimate of drug-likeness (QED) is 0.700. The summed E-state index contributed by atoms with van der Waals surface area (Å²) in [5.41, 5.74) is 1.44. The Labute approximate surface area is 172 Å². The van der Waals surface area contributed by atoms with Gasteiger partial charge in [0.05, 0.1) is 16.0 Å². The lowest BCUT2D eigenvalue weighted by Gasteiger charge is -2.30. The molecule has 1 fully saturated rings. The molecule has 1 saturated carbocycles. The van der Waals surface area contributed by atoms with Crippen LogP contribution in [0.5, 0.6) is 0 Å². The van der Waals surface area contributed by atoms with Crippen LogP contribution in [0.1, 0.15) is 51.1 Å². The van der Waals surface area contributed by atoms with Crippen LogP contribution in [0, 0.1) is 6.57 Å². The molecule has 0 radical (unpaired) electrons. The number of allylic oxidation sites excluding steroid dienone is 1. The molecule has 2 atom stereocenters. The Morgan fingerprint density at radius 1 is 1.34 bits per heavy atom. The van der Waals surface area contributed by atoms with Gasteiger partial charge < -0.3 is 4.57 Å². The van der Waals surface area contributed by atoms with Crippen molar-refractivity contribution in [1.29, 1.82) is 0 Å². The molecule has 0 saturated heterocycles. The largest absolute Gasteiger partial charge is 0.317 e. The van der Waals surface area contributed by atoms with E-state index >= 15 is 0 Å². The van der Waals surface area contributed by atoms with Crippen LogP contribution in [0.3, 0.4) is 0 Å². The molecule has 1 heterocycles. The first-order valence-electron chi connectivity index (χ1n) is 9.80. The van der Waals surface area contributed by atoms with E-state index in [0.717, 1.165) is 31.2 Å². The maximum Gasteiger partial charge on any atom is 0.305 e. The maximum atomic E-state index is 13.1. The fraction of sp³-hybridized carbons (Fsp3) is 0.450. The third-order valence-electron chi connectivity index (χ3n) is 5.22. The monoisotopic (exact) mass is 415 g/mol. The zero-order valence-electron chi connectivity index (χ0n) is 16.8. The van der Waals surface area contributed by atoms with Crippen molar-refractivity contribution >= 4 is 15.7 Å². The molecule has 0 aliphatic heterocycles. The van der Waals surface area contributed by atoms with Gasteiger partial charge in [-0.05, 0) is 67.8 Å². The van der Waals surface area contributed by atoms with E-state index in [1.807, 2.05) is 30.6 Å². The van der Waals surface area contributed by atoms with E-state index in [9.17, 15) is 8.42 Å². The summed E-state index contributed by atoms with van der Waals surface area (Å²) in [5, 5.41) is 9.23. The van der Waals surface area contributed by atoms with Gasteiger partial charge in [0.1, 0.15) is 18.3 Å². The molecular weight excluding hydrogens is 388 g/mol. The Balaban J connectivity index is 1.80. The van der Waals surface area contributed by atoms with E-state index in [4.69, 9.17) is 6.57 Å². The average Bonchev–Trinajstić information content (AvgIpc) is 3.26. The van der Waals surface area contributed by atoms with Crippen LogP contribution < -0.4 is 9.73 Å². The molecule has 1 aliphatic carbocycles. The van der Waals surface area contributed by atoms with Crippen LogP contribution in [0.15, 0.2) is 48.0 Å². The first-order chi connectivity index (χ1) is 14.0. The van der Waals surface area contributed by atoms with Gasteiger partial charge in [-0.1, -0.05) is 13.0 Å². The molecule has 2 aromatic rings. The molecule has 154 valence electrons. The summed E-state index contributed by atoms with van der Waals surface area (Å²) in [7, 11) is -3.65. The topological polar surface area (TPSA) is 84.5 Å². The highest BCUT2D eigenvalue weighted by Gasteiger charge is 2.28. The van der Waals surface area contributed by atoms with Gasteiger partial charge in [-0.2, -0.15) is 0 Å². The summed E-state index contributed by atoms with van der Waals surface area (Å²) < 4.78 is 31.1. The second-order valence-electron chi connectivity index (χ2n) is 7.14. The van der Waals surface area contributed by atoms with Crippen LogP contribution in [0.25, 0.3) is 4.95 Å². The normalized spacial score (nSPS) is 19.9. The molecule has 1 N–H and O–H groups in total. The van der Waals surface area contributed by atoms with Crippen molar-refractivity contribution in [3.05, 3.63) is 53.6 Å². The Kier molecular flexibility index (Phi) is 6.67. The van der Waals surface area contributed by atoms with Crippen LogP contribution in [0.2, 0.25) is 0 Å². The van der Waals surface area contributed by atoms with Crippen molar-refractivity contribution in [3.63, 3.8) is 0 Å². The molecule has 3 rings (SSSR count). The highest BCUT2D eigenvalue weighted by atomic mass is 32.2. The summed E-state index contributed by atoms with van der Waals surface area (Å²) in [6, 6.07) is 5.23. The number of nitrogens with one attached hydrogen (secondary N) is 1. The number of nitrogens with zero attached hydrogens (tertiary/aromatic N) is 5. The molecule has 8 nitrogen and oxygen atoms in total. The number of aromatic nitrogens is 3. The lowest BCUT2D eigenvalue weighted by atomic mass is 9.91. The fourth-order valence-electron chi connectivity index (χ4n) is 3.80. The molecule has 0 bridgehead atoms. The van der Waals surface area contributed by atoms with Crippen molar-refractivity contribution < 1.29 is 8.42 Å². The Morgan fingerprint density at radius 2 is 2.10 bits per heavy atom. The summed E-state index contributed by atoms with van der Waals surface area (Å²) in [5.74, 6) is 0. The highest BCUT2D eigenvalue weighted by Crippen LogP contribution is 2.30. The zero-order valence-corrected chi connectivity index (χ0v) is 17.6. The number of hydrogen-bond acceptors (Lipinski definition) is 5. The van der Waals surface area contributed by atoms with Crippen molar-refractivity contribution in [3.8, 4) is 6.57 Å². The van der Waals surface area contributed by atoms with Gasteiger partial charge in [0.2, 0.25) is 10.0 Å². The SMILES string of the molecule is C#[N+]N(C=CC)c1ccc(S(=O)(=O)NC2CCCC(n3cnnc3)C2)c(CC)c1. The highest BCUT2D eigenvalue weighted by molar-refractivity contribution is 7.89. The zero-order chi connectivity index (χ0) is 20.9. The van der Waals surface area contributed by atoms with Crippen molar-refractivity contribution in [2.24, 2.45) is 0 Å². The van der Waals surface area contributed by atoms with Crippen molar-refractivity contribution in [1.82, 2.24) is 19.5 Å². The number of hydrogen-bond donors (Lipinski definition) is 1. The predicted octanol–water partition coefficient (Wildman–Crippen LogP) is 3.52. The first-order valence-corrected chi connectivity index (χ1v) is 11.3. The second-order valence-corrected chi connectivity index (χ2v) is 8.82. The summed E-state index contributed by atoms with van der Waals surface area (Å²) in [6.07, 6.45) is 11.0. The van der Waals surface area contributed by atoms with E-state index in [-0.39, 0.29) is 12.1 Å². The van der Waals surface area contributed by atoms with Crippen molar-refractivity contribution in [2.75, 3.05) is 5.01 Å². The molecule has 0 spiro atoms. The molecule has 1 aromatic heterocycles. The Morgan fingerprint density at radius 3 is 2.76 bits per heavy atom. The Hall–Kier alpha value is -2.70. The third kappa shape index (κ3) is 4.83. The van der Waals surface area contributed by atoms with Gasteiger partial charge >= 0.3 is 6.57 Å². The van der Waals surface area contributed by atoms with Gasteiger partial charge in [-0.25, -0.2) is 13.1 Å². The molecule has 9 heteroatoms. The lowest BCUT2D eigenvalue weighted by molar-refractivity contribution is 0.305. The summed E-state index contributed by atoms with van der Waals surface area (Å²) >= 11 is 0. The second kappa shape index (κ2) is 9.20. The van der Waals surface area contributed by atoms with Gasteiger partial charge in [-0.15, -0.1) is 10.2 Å². The van der Waals surface area contributed by atoms with E-state index in [1.165, 1.54) is 5.01 Å². The van der Waals surface area contributed by atoms with E-state index in [1.54, 1.807) is 31.0 Å². The number of rotatable bonds is 7. The summed E-state index contributed by atoms with van der Waals surface area (Å²) in [6.45, 7) is 9.23. The minimum Gasteiger partial charge on any atom is -0.317 e. The van der Waals surface area contributed by atoms with E-state index < -0.39 is 10.0 Å². The number of sulfonamides is 1. The van der Waals surface area contributed by atoms with E-state index in [2.05, 4.69) is 19.9 Å². The number of aryl methyl sites for hydroxylation is 1. The first kappa shape index (κ1) is 21.0. The number of benzene rings is 1. The Bertz CT molecular complexity index is 994. The lowest BCUT2D eigenvalue weighted by Crippen LogP contribution is -2.39. The molecule has 0 amide bonds. The minimum atomic E-state index is -3.65. The molecular formula is C20H27N6O2S+. The summed E-state index contributed by atoms with van der Waals surface area (Å²) in [4.78, 5) is 4.01. The average molecular weight is 416 g/mol. The standard InChI is InChI=1S/C20H27N6O2S/c1-4-11-26(21-3)19-9-10-20(16(5-2)12-19)29(27,28)24-17-7-6-8-18(13-17)25-14-22-23-15-25/h3-4,9-12,14-15,17-18,24H,5-8,13H2,1-2H3/q+1. The van der Waals surface area contributed by atoms with E-state index in [0.29, 0.717) is 17.0 Å². The predicted molar refractivity (Wildman–Crippen MR) is 113 cm³/mol. The van der Waals surface area contributed by atoms with Crippen LogP contribution >= 0.6 is 0 Å². The molecule has 1 aliphatic rings. The fourth-order valence-corrected chi connectivity index (χ4v) is 5.38. The van der Waals surface area contributed by atoms with Crippen LogP contribution in [-0.4, -0.2) is 29.2 Å². The molecule has 29 heavy (non-hydrogen) atoms. The smallest absolute Gasteiger partial charge is 0.305 e. The van der Waals surface area contributed by atoms with Gasteiger partial charge in [-0.3, -0.25) is 0 Å². The van der Waals surface area contributed by atoms with Gasteiger partial charge in [0.15, 0.2) is 0 Å².